The van der Waals surface area contributed by atoms with Gasteiger partial charge in [0.1, 0.15) is 5.82 Å². The minimum absolute atomic E-state index is 0.0738. The molecule has 2 saturated heterocycles. The maximum Gasteiger partial charge on any atom is 0.314 e. The number of carbonyl (C=O) groups excluding carboxylic acids is 3. The molecule has 0 spiro atoms. The molecule has 0 saturated carbocycles. The third-order valence-corrected chi connectivity index (χ3v) is 6.14. The van der Waals surface area contributed by atoms with Crippen molar-refractivity contribution >= 4 is 17.8 Å². The SMILES string of the molecule is CCOC(=O)[C@]1(Cc2ccccc2F)CCCN(C(=O)CCN2CCCCC2=O)C1. The van der Waals surface area contributed by atoms with Crippen LogP contribution in [0.5, 0.6) is 0 Å². The lowest BCUT2D eigenvalue weighted by molar-refractivity contribution is -0.160. The molecule has 2 aliphatic rings. The van der Waals surface area contributed by atoms with E-state index in [4.69, 9.17) is 4.74 Å². The van der Waals surface area contributed by atoms with E-state index in [1.807, 2.05) is 0 Å². The molecule has 0 unspecified atom stereocenters. The van der Waals surface area contributed by atoms with Crippen molar-refractivity contribution in [1.82, 2.24) is 9.80 Å². The molecule has 2 aliphatic heterocycles. The second kappa shape index (κ2) is 10.0. The van der Waals surface area contributed by atoms with Gasteiger partial charge in [0, 0.05) is 39.0 Å². The van der Waals surface area contributed by atoms with Crippen LogP contribution in [0.4, 0.5) is 4.39 Å². The molecule has 2 heterocycles. The van der Waals surface area contributed by atoms with E-state index >= 15 is 0 Å². The number of likely N-dealkylation sites (tertiary alicyclic amines) is 2. The molecule has 0 aromatic heterocycles. The van der Waals surface area contributed by atoms with E-state index in [1.165, 1.54) is 6.07 Å². The van der Waals surface area contributed by atoms with Crippen LogP contribution in [0.25, 0.3) is 0 Å². The normalized spacial score (nSPS) is 22.1. The highest BCUT2D eigenvalue weighted by Crippen LogP contribution is 2.36. The van der Waals surface area contributed by atoms with Crippen molar-refractivity contribution in [3.63, 3.8) is 0 Å². The maximum atomic E-state index is 14.3. The standard InChI is InChI=1S/C23H31FN2O4/c1-2-30-22(29)23(16-18-8-3-4-9-19(18)24)12-7-14-26(17-23)21(28)11-15-25-13-6-5-10-20(25)27/h3-4,8-9H,2,5-7,10-17H2,1H3/t23-/m0/s1. The fourth-order valence-corrected chi connectivity index (χ4v) is 4.51. The third-order valence-electron chi connectivity index (χ3n) is 6.14. The molecule has 0 N–H and O–H groups in total. The molecule has 164 valence electrons. The average Bonchev–Trinajstić information content (AvgIpc) is 2.75. The maximum absolute atomic E-state index is 14.3. The lowest BCUT2D eigenvalue weighted by Gasteiger charge is -2.41. The van der Waals surface area contributed by atoms with Gasteiger partial charge in [0.25, 0.3) is 0 Å². The molecule has 3 rings (SSSR count). The molecule has 2 fully saturated rings. The van der Waals surface area contributed by atoms with Gasteiger partial charge in [0.05, 0.1) is 12.0 Å². The number of nitrogens with zero attached hydrogens (tertiary/aromatic N) is 2. The highest BCUT2D eigenvalue weighted by molar-refractivity contribution is 5.82. The lowest BCUT2D eigenvalue weighted by atomic mass is 9.75. The van der Waals surface area contributed by atoms with E-state index in [0.29, 0.717) is 44.5 Å². The van der Waals surface area contributed by atoms with Crippen LogP contribution in [0.15, 0.2) is 24.3 Å². The van der Waals surface area contributed by atoms with Crippen LogP contribution in [0.1, 0.15) is 51.0 Å². The molecule has 0 bridgehead atoms. The second-order valence-electron chi connectivity index (χ2n) is 8.28. The smallest absolute Gasteiger partial charge is 0.314 e. The summed E-state index contributed by atoms with van der Waals surface area (Å²) in [6.07, 6.45) is 4.08. The molecule has 1 atom stereocenters. The zero-order valence-corrected chi connectivity index (χ0v) is 17.7. The van der Waals surface area contributed by atoms with Gasteiger partial charge in [-0.1, -0.05) is 18.2 Å². The number of ether oxygens (including phenoxy) is 1. The summed E-state index contributed by atoms with van der Waals surface area (Å²) in [7, 11) is 0. The van der Waals surface area contributed by atoms with E-state index in [2.05, 4.69) is 0 Å². The summed E-state index contributed by atoms with van der Waals surface area (Å²) in [5.41, 5.74) is -0.494. The Morgan fingerprint density at radius 2 is 1.97 bits per heavy atom. The van der Waals surface area contributed by atoms with Crippen molar-refractivity contribution in [2.24, 2.45) is 5.41 Å². The van der Waals surface area contributed by atoms with E-state index < -0.39 is 5.41 Å². The third kappa shape index (κ3) is 5.18. The van der Waals surface area contributed by atoms with Gasteiger partial charge >= 0.3 is 5.97 Å². The minimum atomic E-state index is -0.951. The minimum Gasteiger partial charge on any atom is -0.466 e. The summed E-state index contributed by atoms with van der Waals surface area (Å²) in [5.74, 6) is -0.700. The Hall–Kier alpha value is -2.44. The van der Waals surface area contributed by atoms with Crippen LogP contribution < -0.4 is 0 Å². The van der Waals surface area contributed by atoms with Crippen LogP contribution in [-0.4, -0.2) is 60.4 Å². The Morgan fingerprint density at radius 3 is 2.70 bits per heavy atom. The first-order valence-corrected chi connectivity index (χ1v) is 10.9. The van der Waals surface area contributed by atoms with Crippen molar-refractivity contribution in [2.45, 2.75) is 51.9 Å². The first-order valence-electron chi connectivity index (χ1n) is 10.9. The topological polar surface area (TPSA) is 66.9 Å². The molecule has 2 amide bonds. The van der Waals surface area contributed by atoms with Crippen LogP contribution in [0.3, 0.4) is 0 Å². The van der Waals surface area contributed by atoms with Gasteiger partial charge in [-0.2, -0.15) is 0 Å². The predicted octanol–water partition coefficient (Wildman–Crippen LogP) is 2.94. The monoisotopic (exact) mass is 418 g/mol. The number of halogens is 1. The van der Waals surface area contributed by atoms with Gasteiger partial charge in [0.2, 0.25) is 11.8 Å². The van der Waals surface area contributed by atoms with Gasteiger partial charge in [-0.05, 0) is 50.7 Å². The number of carbonyl (C=O) groups is 3. The van der Waals surface area contributed by atoms with Gasteiger partial charge < -0.3 is 14.5 Å². The first kappa shape index (κ1) is 22.2. The largest absolute Gasteiger partial charge is 0.466 e. The highest BCUT2D eigenvalue weighted by atomic mass is 19.1. The zero-order chi connectivity index (χ0) is 21.6. The Kier molecular flexibility index (Phi) is 7.45. The number of hydrogen-bond donors (Lipinski definition) is 0. The molecule has 30 heavy (non-hydrogen) atoms. The van der Waals surface area contributed by atoms with Crippen molar-refractivity contribution in [3.05, 3.63) is 35.6 Å². The zero-order valence-electron chi connectivity index (χ0n) is 17.7. The second-order valence-corrected chi connectivity index (χ2v) is 8.28. The van der Waals surface area contributed by atoms with Crippen molar-refractivity contribution in [1.29, 1.82) is 0 Å². The number of rotatable bonds is 7. The molecule has 7 heteroatoms. The van der Waals surface area contributed by atoms with Crippen LogP contribution in [0, 0.1) is 11.2 Å². The van der Waals surface area contributed by atoms with Crippen LogP contribution in [-0.2, 0) is 25.5 Å². The molecular weight excluding hydrogens is 387 g/mol. The summed E-state index contributed by atoms with van der Waals surface area (Å²) >= 11 is 0. The summed E-state index contributed by atoms with van der Waals surface area (Å²) in [5, 5.41) is 0. The van der Waals surface area contributed by atoms with Crippen molar-refractivity contribution in [2.75, 3.05) is 32.8 Å². The Bertz CT molecular complexity index is 784. The number of benzene rings is 1. The fourth-order valence-electron chi connectivity index (χ4n) is 4.51. The summed E-state index contributed by atoms with van der Waals surface area (Å²) in [6.45, 7) is 3.87. The summed E-state index contributed by atoms with van der Waals surface area (Å²) < 4.78 is 19.7. The van der Waals surface area contributed by atoms with Crippen molar-refractivity contribution < 1.29 is 23.5 Å². The summed E-state index contributed by atoms with van der Waals surface area (Å²) in [4.78, 5) is 41.2. The van der Waals surface area contributed by atoms with Gasteiger partial charge in [-0.15, -0.1) is 0 Å². The van der Waals surface area contributed by atoms with Crippen molar-refractivity contribution in [3.8, 4) is 0 Å². The number of amides is 2. The van der Waals surface area contributed by atoms with E-state index in [0.717, 1.165) is 12.8 Å². The molecule has 6 nitrogen and oxygen atoms in total. The Balaban J connectivity index is 1.71. The molecular formula is C23H31FN2O4. The number of esters is 1. The highest BCUT2D eigenvalue weighted by Gasteiger charge is 2.45. The van der Waals surface area contributed by atoms with Crippen LogP contribution in [0.2, 0.25) is 0 Å². The Labute approximate surface area is 177 Å². The van der Waals surface area contributed by atoms with E-state index in [1.54, 1.807) is 34.9 Å². The Morgan fingerprint density at radius 1 is 1.17 bits per heavy atom. The summed E-state index contributed by atoms with van der Waals surface area (Å²) in [6, 6.07) is 6.43. The molecule has 0 aliphatic carbocycles. The van der Waals surface area contributed by atoms with Gasteiger partial charge in [-0.3, -0.25) is 14.4 Å². The fraction of sp³-hybridized carbons (Fsp3) is 0.609. The molecule has 0 radical (unpaired) electrons. The van der Waals surface area contributed by atoms with Crippen LogP contribution >= 0.6 is 0 Å². The molecule has 1 aromatic rings. The van der Waals surface area contributed by atoms with E-state index in [9.17, 15) is 18.8 Å². The van der Waals surface area contributed by atoms with E-state index in [-0.39, 0.29) is 49.6 Å². The quantitative estimate of drug-likeness (QED) is 0.639. The van der Waals surface area contributed by atoms with Gasteiger partial charge in [-0.25, -0.2) is 4.39 Å². The molecule has 1 aromatic carbocycles. The lowest BCUT2D eigenvalue weighted by Crippen LogP contribution is -2.52. The first-order chi connectivity index (χ1) is 14.4. The number of hydrogen-bond acceptors (Lipinski definition) is 4. The predicted molar refractivity (Wildman–Crippen MR) is 110 cm³/mol. The average molecular weight is 419 g/mol. The van der Waals surface area contributed by atoms with Gasteiger partial charge in [0.15, 0.2) is 0 Å². The number of piperidine rings is 2.